The van der Waals surface area contributed by atoms with Crippen LogP contribution in [-0.4, -0.2) is 50.0 Å². The normalized spacial score (nSPS) is 23.8. The van der Waals surface area contributed by atoms with Crippen molar-refractivity contribution in [2.75, 3.05) is 11.9 Å². The fraction of sp³-hybridized carbons (Fsp3) is 0.433. The molecule has 0 bridgehead atoms. The van der Waals surface area contributed by atoms with Crippen LogP contribution < -0.4 is 10.6 Å². The van der Waals surface area contributed by atoms with E-state index in [4.69, 9.17) is 16.7 Å². The first-order valence-corrected chi connectivity index (χ1v) is 14.6. The van der Waals surface area contributed by atoms with Crippen molar-refractivity contribution < 1.29 is 18.8 Å². The lowest BCUT2D eigenvalue weighted by molar-refractivity contribution is -0.136. The van der Waals surface area contributed by atoms with Gasteiger partial charge in [-0.05, 0) is 74.8 Å². The quantitative estimate of drug-likeness (QED) is 0.393. The number of nitrogens with zero attached hydrogens (tertiary/aromatic N) is 4. The second-order valence-corrected chi connectivity index (χ2v) is 12.1. The van der Waals surface area contributed by atoms with Crippen LogP contribution in [0, 0.1) is 18.7 Å². The molecule has 11 heteroatoms. The summed E-state index contributed by atoms with van der Waals surface area (Å²) in [6.07, 6.45) is 6.77. The molecule has 2 aliphatic heterocycles. The summed E-state index contributed by atoms with van der Waals surface area (Å²) < 4.78 is 16.0. The average molecular weight is 577 g/mol. The lowest BCUT2D eigenvalue weighted by Gasteiger charge is -2.35. The molecule has 3 aromatic rings. The molecule has 4 heterocycles. The Kier molecular flexibility index (Phi) is 6.33. The molecule has 3 fully saturated rings. The molecule has 2 aromatic heterocycles. The molecule has 1 aromatic carbocycles. The highest BCUT2D eigenvalue weighted by Gasteiger charge is 2.39. The van der Waals surface area contributed by atoms with E-state index in [2.05, 4.69) is 15.6 Å². The number of hydrogen-bond acceptors (Lipinski definition) is 6. The van der Waals surface area contributed by atoms with Crippen LogP contribution in [0.15, 0.2) is 30.5 Å². The molecular formula is C30H30ClFN6O3. The summed E-state index contributed by atoms with van der Waals surface area (Å²) in [5.41, 5.74) is 5.27. The summed E-state index contributed by atoms with van der Waals surface area (Å²) in [4.78, 5) is 42.8. The van der Waals surface area contributed by atoms with E-state index in [1.165, 1.54) is 6.07 Å². The summed E-state index contributed by atoms with van der Waals surface area (Å²) in [6.45, 7) is 2.81. The van der Waals surface area contributed by atoms with E-state index in [1.807, 2.05) is 29.1 Å². The highest BCUT2D eigenvalue weighted by Crippen LogP contribution is 2.46. The highest BCUT2D eigenvalue weighted by atomic mass is 35.5. The third kappa shape index (κ3) is 4.77. The number of aromatic nitrogens is 3. The van der Waals surface area contributed by atoms with Crippen molar-refractivity contribution in [2.45, 2.75) is 70.0 Å². The first kappa shape index (κ1) is 26.1. The van der Waals surface area contributed by atoms with Crippen LogP contribution in [0.5, 0.6) is 0 Å². The summed E-state index contributed by atoms with van der Waals surface area (Å²) in [5, 5.41) is 11.1. The molecule has 41 heavy (non-hydrogen) atoms. The molecule has 4 aliphatic rings. The maximum Gasteiger partial charge on any atom is 0.255 e. The van der Waals surface area contributed by atoms with Gasteiger partial charge in [-0.1, -0.05) is 11.6 Å². The summed E-state index contributed by atoms with van der Waals surface area (Å²) in [5.74, 6) is -0.387. The van der Waals surface area contributed by atoms with Crippen molar-refractivity contribution in [3.05, 3.63) is 63.8 Å². The monoisotopic (exact) mass is 576 g/mol. The van der Waals surface area contributed by atoms with Gasteiger partial charge in [0.15, 0.2) is 0 Å². The Bertz CT molecular complexity index is 1590. The van der Waals surface area contributed by atoms with E-state index in [0.29, 0.717) is 46.8 Å². The SMILES string of the molecule is Cc1nc(-c2cn(C3CC(CNc4ccc5c(c4)CN(C4CCC(=O)NC4=O)C5=O)C3)nc2C2CC2)c(Cl)cc1F. The van der Waals surface area contributed by atoms with Crippen molar-refractivity contribution in [2.24, 2.45) is 5.92 Å². The third-order valence-corrected chi connectivity index (χ3v) is 9.08. The number of piperidine rings is 1. The first-order valence-electron chi connectivity index (χ1n) is 14.2. The number of halogens is 2. The molecule has 0 spiro atoms. The smallest absolute Gasteiger partial charge is 0.255 e. The standard InChI is InChI=1S/C30H30ClFN6O3/c1-15-24(32)11-23(31)28(34-15)22-14-38(36-27(22)17-2-3-17)20-8-16(9-20)12-33-19-4-5-21-18(10-19)13-37(30(21)41)25-6-7-26(39)35-29(25)40/h4-5,10-11,14,16-17,20,25,33H,2-3,6-9,12-13H2,1H3,(H,35,39,40). The third-order valence-electron chi connectivity index (χ3n) is 8.79. The predicted octanol–water partition coefficient (Wildman–Crippen LogP) is 4.75. The Morgan fingerprint density at radius 1 is 1.12 bits per heavy atom. The Hall–Kier alpha value is -3.79. The Labute approximate surface area is 241 Å². The maximum absolute atomic E-state index is 14.0. The fourth-order valence-electron chi connectivity index (χ4n) is 6.21. The van der Waals surface area contributed by atoms with Gasteiger partial charge >= 0.3 is 0 Å². The van der Waals surface area contributed by atoms with Gasteiger partial charge in [0.05, 0.1) is 28.1 Å². The van der Waals surface area contributed by atoms with Gasteiger partial charge in [-0.25, -0.2) is 9.37 Å². The number of aryl methyl sites for hydroxylation is 1. The number of benzene rings is 1. The fourth-order valence-corrected chi connectivity index (χ4v) is 6.45. The van der Waals surface area contributed by atoms with E-state index in [-0.39, 0.29) is 24.3 Å². The molecule has 3 amide bonds. The van der Waals surface area contributed by atoms with E-state index in [0.717, 1.165) is 54.7 Å². The molecule has 212 valence electrons. The molecule has 1 unspecified atom stereocenters. The molecule has 2 N–H and O–H groups in total. The van der Waals surface area contributed by atoms with Crippen LogP contribution in [-0.2, 0) is 16.1 Å². The summed E-state index contributed by atoms with van der Waals surface area (Å²) in [6, 6.07) is 6.71. The number of hydrogen-bond donors (Lipinski definition) is 2. The van der Waals surface area contributed by atoms with Crippen LogP contribution in [0.1, 0.15) is 77.8 Å². The Morgan fingerprint density at radius 3 is 2.68 bits per heavy atom. The molecule has 7 rings (SSSR count). The van der Waals surface area contributed by atoms with E-state index >= 15 is 0 Å². The number of carbonyl (C=O) groups is 3. The first-order chi connectivity index (χ1) is 19.7. The number of rotatable bonds is 7. The van der Waals surface area contributed by atoms with E-state index in [9.17, 15) is 18.8 Å². The Balaban J connectivity index is 0.982. The molecule has 2 aliphatic carbocycles. The van der Waals surface area contributed by atoms with Gasteiger partial charge in [0.1, 0.15) is 11.9 Å². The second-order valence-electron chi connectivity index (χ2n) is 11.7. The topological polar surface area (TPSA) is 109 Å². The van der Waals surface area contributed by atoms with Crippen LogP contribution in [0.3, 0.4) is 0 Å². The average Bonchev–Trinajstić information content (AvgIpc) is 3.59. The van der Waals surface area contributed by atoms with Gasteiger partial charge in [-0.15, -0.1) is 0 Å². The van der Waals surface area contributed by atoms with Crippen molar-refractivity contribution in [1.82, 2.24) is 25.0 Å². The number of amides is 3. The molecular weight excluding hydrogens is 547 g/mol. The number of nitrogens with one attached hydrogen (secondary N) is 2. The molecule has 9 nitrogen and oxygen atoms in total. The lowest BCUT2D eigenvalue weighted by Crippen LogP contribution is -2.52. The number of imide groups is 1. The van der Waals surface area contributed by atoms with Crippen LogP contribution in [0.2, 0.25) is 5.02 Å². The minimum absolute atomic E-state index is 0.167. The number of anilines is 1. The van der Waals surface area contributed by atoms with Crippen LogP contribution in [0.25, 0.3) is 11.3 Å². The Morgan fingerprint density at radius 2 is 1.93 bits per heavy atom. The lowest BCUT2D eigenvalue weighted by atomic mass is 9.80. The zero-order valence-electron chi connectivity index (χ0n) is 22.6. The summed E-state index contributed by atoms with van der Waals surface area (Å²) in [7, 11) is 0. The van der Waals surface area contributed by atoms with Gasteiger partial charge in [-0.2, -0.15) is 5.10 Å². The molecule has 0 radical (unpaired) electrons. The van der Waals surface area contributed by atoms with Gasteiger partial charge < -0.3 is 10.2 Å². The van der Waals surface area contributed by atoms with Crippen molar-refractivity contribution >= 4 is 35.0 Å². The molecule has 2 saturated carbocycles. The van der Waals surface area contributed by atoms with Crippen molar-refractivity contribution in [1.29, 1.82) is 0 Å². The van der Waals surface area contributed by atoms with Gasteiger partial charge in [0.2, 0.25) is 11.8 Å². The predicted molar refractivity (Wildman–Crippen MR) is 150 cm³/mol. The number of pyridine rings is 1. The number of fused-ring (bicyclic) bond motifs is 1. The van der Waals surface area contributed by atoms with Crippen molar-refractivity contribution in [3.8, 4) is 11.3 Å². The van der Waals surface area contributed by atoms with Crippen LogP contribution >= 0.6 is 11.6 Å². The largest absolute Gasteiger partial charge is 0.385 e. The van der Waals surface area contributed by atoms with E-state index in [1.54, 1.807) is 11.8 Å². The van der Waals surface area contributed by atoms with Gasteiger partial charge in [0, 0.05) is 48.4 Å². The minimum Gasteiger partial charge on any atom is -0.385 e. The van der Waals surface area contributed by atoms with Gasteiger partial charge in [-0.3, -0.25) is 24.4 Å². The second kappa shape index (κ2) is 9.94. The number of carbonyl (C=O) groups excluding carboxylic acids is 3. The zero-order chi connectivity index (χ0) is 28.4. The minimum atomic E-state index is -0.613. The molecule has 1 saturated heterocycles. The highest BCUT2D eigenvalue weighted by molar-refractivity contribution is 6.33. The van der Waals surface area contributed by atoms with E-state index < -0.39 is 17.8 Å². The molecule has 1 atom stereocenters. The van der Waals surface area contributed by atoms with Crippen LogP contribution in [0.4, 0.5) is 10.1 Å². The summed E-state index contributed by atoms with van der Waals surface area (Å²) >= 11 is 6.40. The maximum atomic E-state index is 14.0. The van der Waals surface area contributed by atoms with Gasteiger partial charge in [0.25, 0.3) is 5.91 Å². The van der Waals surface area contributed by atoms with Crippen molar-refractivity contribution in [3.63, 3.8) is 0 Å². The zero-order valence-corrected chi connectivity index (χ0v) is 23.4.